The molecule has 6 nitrogen and oxygen atoms in total. The van der Waals surface area contributed by atoms with Gasteiger partial charge in [-0.2, -0.15) is 4.98 Å². The van der Waals surface area contributed by atoms with Gasteiger partial charge in [0, 0.05) is 32.9 Å². The fraction of sp³-hybridized carbons (Fsp3) is 0.545. The fourth-order valence-electron chi connectivity index (χ4n) is 1.45. The molecule has 0 radical (unpaired) electrons. The lowest BCUT2D eigenvalue weighted by atomic mass is 10.1. The van der Waals surface area contributed by atoms with E-state index in [0.717, 1.165) is 0 Å². The van der Waals surface area contributed by atoms with Crippen molar-refractivity contribution >= 4 is 11.9 Å². The number of nitrogens with zero attached hydrogens (tertiary/aromatic N) is 3. The van der Waals surface area contributed by atoms with E-state index in [9.17, 15) is 4.79 Å². The topological polar surface area (TPSA) is 67.4 Å². The van der Waals surface area contributed by atoms with Crippen LogP contribution in [0.3, 0.4) is 0 Å². The van der Waals surface area contributed by atoms with Crippen molar-refractivity contribution < 1.29 is 9.53 Å². The molecule has 0 spiro atoms. The number of nitrogens with one attached hydrogen (secondary N) is 1. The number of amides is 1. The van der Waals surface area contributed by atoms with Crippen LogP contribution in [-0.2, 0) is 4.79 Å². The number of rotatable bonds is 5. The molecule has 1 N–H and O–H groups in total. The van der Waals surface area contributed by atoms with Crippen molar-refractivity contribution in [2.45, 2.75) is 6.92 Å². The van der Waals surface area contributed by atoms with E-state index in [1.807, 2.05) is 18.9 Å². The van der Waals surface area contributed by atoms with Gasteiger partial charge in [-0.3, -0.25) is 4.79 Å². The Labute approximate surface area is 101 Å². The molecule has 94 valence electrons. The lowest BCUT2D eigenvalue weighted by Gasteiger charge is -2.20. The standard InChI is InChI=1S/C11H18N4O2/c1-8(10(16)12-2)7-15(3)11-13-6-5-9(14-11)17-4/h5-6,8H,7H2,1-4H3,(H,12,16)/t8-/m0/s1. The van der Waals surface area contributed by atoms with Crippen LogP contribution in [0.2, 0.25) is 0 Å². The summed E-state index contributed by atoms with van der Waals surface area (Å²) in [7, 11) is 5.02. The Morgan fingerprint density at radius 2 is 2.35 bits per heavy atom. The van der Waals surface area contributed by atoms with Gasteiger partial charge < -0.3 is 15.0 Å². The van der Waals surface area contributed by atoms with Gasteiger partial charge in [-0.25, -0.2) is 4.98 Å². The third-order valence-corrected chi connectivity index (χ3v) is 2.41. The van der Waals surface area contributed by atoms with Gasteiger partial charge in [0.2, 0.25) is 17.7 Å². The Morgan fingerprint density at radius 3 is 2.94 bits per heavy atom. The highest BCUT2D eigenvalue weighted by molar-refractivity contribution is 5.78. The van der Waals surface area contributed by atoms with Crippen LogP contribution in [0.5, 0.6) is 5.88 Å². The molecule has 0 bridgehead atoms. The van der Waals surface area contributed by atoms with Crippen molar-refractivity contribution in [2.75, 3.05) is 32.6 Å². The van der Waals surface area contributed by atoms with Crippen LogP contribution in [0.4, 0.5) is 5.95 Å². The first-order valence-electron chi connectivity index (χ1n) is 5.38. The van der Waals surface area contributed by atoms with Crippen molar-refractivity contribution in [2.24, 2.45) is 5.92 Å². The lowest BCUT2D eigenvalue weighted by Crippen LogP contribution is -2.35. The van der Waals surface area contributed by atoms with Gasteiger partial charge >= 0.3 is 0 Å². The van der Waals surface area contributed by atoms with Gasteiger partial charge in [0.15, 0.2) is 0 Å². The molecule has 1 heterocycles. The third-order valence-electron chi connectivity index (χ3n) is 2.41. The number of hydrogen-bond donors (Lipinski definition) is 1. The van der Waals surface area contributed by atoms with Gasteiger partial charge in [0.05, 0.1) is 13.0 Å². The molecule has 0 aliphatic carbocycles. The average molecular weight is 238 g/mol. The quantitative estimate of drug-likeness (QED) is 0.799. The van der Waals surface area contributed by atoms with Gasteiger partial charge in [0.25, 0.3) is 0 Å². The first-order valence-corrected chi connectivity index (χ1v) is 5.38. The van der Waals surface area contributed by atoms with E-state index >= 15 is 0 Å². The van der Waals surface area contributed by atoms with Crippen LogP contribution in [0.1, 0.15) is 6.92 Å². The Morgan fingerprint density at radius 1 is 1.65 bits per heavy atom. The first kappa shape index (κ1) is 13.2. The summed E-state index contributed by atoms with van der Waals surface area (Å²) in [6.07, 6.45) is 1.63. The summed E-state index contributed by atoms with van der Waals surface area (Å²) in [5.74, 6) is 0.925. The Hall–Kier alpha value is -1.85. The van der Waals surface area contributed by atoms with E-state index < -0.39 is 0 Å². The highest BCUT2D eigenvalue weighted by Crippen LogP contribution is 2.12. The van der Waals surface area contributed by atoms with Crippen LogP contribution >= 0.6 is 0 Å². The molecule has 1 aromatic heterocycles. The second-order valence-corrected chi connectivity index (χ2v) is 3.79. The summed E-state index contributed by atoms with van der Waals surface area (Å²) in [6.45, 7) is 2.41. The minimum Gasteiger partial charge on any atom is -0.481 e. The van der Waals surface area contributed by atoms with Crippen LogP contribution in [0.15, 0.2) is 12.3 Å². The summed E-state index contributed by atoms with van der Waals surface area (Å²) in [5.41, 5.74) is 0. The SMILES string of the molecule is CNC(=O)[C@@H](C)CN(C)c1nccc(OC)n1. The van der Waals surface area contributed by atoms with Gasteiger partial charge in [-0.05, 0) is 0 Å². The molecule has 0 saturated carbocycles. The maximum atomic E-state index is 11.4. The average Bonchev–Trinajstić information content (AvgIpc) is 2.37. The number of methoxy groups -OCH3 is 1. The minimum absolute atomic E-state index is 0.000235. The van der Waals surface area contributed by atoms with Crippen molar-refractivity contribution in [3.8, 4) is 5.88 Å². The largest absolute Gasteiger partial charge is 0.481 e. The van der Waals surface area contributed by atoms with Crippen LogP contribution in [0, 0.1) is 5.92 Å². The molecule has 0 fully saturated rings. The zero-order valence-corrected chi connectivity index (χ0v) is 10.6. The molecule has 1 aromatic rings. The molecule has 0 aromatic carbocycles. The summed E-state index contributed by atoms with van der Waals surface area (Å²) in [6, 6.07) is 1.68. The molecular weight excluding hydrogens is 220 g/mol. The van der Waals surface area contributed by atoms with E-state index in [1.54, 1.807) is 26.4 Å². The normalized spacial score (nSPS) is 11.8. The van der Waals surface area contributed by atoms with Gasteiger partial charge in [0.1, 0.15) is 0 Å². The molecule has 1 rings (SSSR count). The Kier molecular flexibility index (Phi) is 4.68. The molecule has 17 heavy (non-hydrogen) atoms. The van der Waals surface area contributed by atoms with Gasteiger partial charge in [-0.15, -0.1) is 0 Å². The number of hydrogen-bond acceptors (Lipinski definition) is 5. The molecule has 0 saturated heterocycles. The molecule has 0 aliphatic rings. The van der Waals surface area contributed by atoms with E-state index in [-0.39, 0.29) is 11.8 Å². The number of carbonyl (C=O) groups excluding carboxylic acids is 1. The molecule has 0 unspecified atom stereocenters. The van der Waals surface area contributed by atoms with Gasteiger partial charge in [-0.1, -0.05) is 6.92 Å². The van der Waals surface area contributed by atoms with Crippen LogP contribution in [-0.4, -0.2) is 43.6 Å². The number of ether oxygens (including phenoxy) is 1. The Bertz CT molecular complexity index is 383. The van der Waals surface area contributed by atoms with Crippen molar-refractivity contribution in [3.05, 3.63) is 12.3 Å². The number of carbonyl (C=O) groups is 1. The summed E-state index contributed by atoms with van der Waals surface area (Å²) in [5, 5.41) is 2.61. The first-order chi connectivity index (χ1) is 8.08. The predicted octanol–water partition coefficient (Wildman–Crippen LogP) is 0.303. The van der Waals surface area contributed by atoms with Crippen LogP contribution in [0.25, 0.3) is 0 Å². The third kappa shape index (κ3) is 3.58. The molecular formula is C11H18N4O2. The highest BCUT2D eigenvalue weighted by atomic mass is 16.5. The summed E-state index contributed by atoms with van der Waals surface area (Å²) < 4.78 is 5.02. The number of aromatic nitrogens is 2. The molecule has 0 aliphatic heterocycles. The monoisotopic (exact) mass is 238 g/mol. The van der Waals surface area contributed by atoms with E-state index in [0.29, 0.717) is 18.4 Å². The zero-order valence-electron chi connectivity index (χ0n) is 10.6. The van der Waals surface area contributed by atoms with E-state index in [4.69, 9.17) is 4.74 Å². The second-order valence-electron chi connectivity index (χ2n) is 3.79. The van der Waals surface area contributed by atoms with E-state index in [1.165, 1.54) is 0 Å². The lowest BCUT2D eigenvalue weighted by molar-refractivity contribution is -0.123. The zero-order chi connectivity index (χ0) is 12.8. The second kappa shape index (κ2) is 6.03. The minimum atomic E-state index is -0.125. The predicted molar refractivity (Wildman–Crippen MR) is 65.1 cm³/mol. The summed E-state index contributed by atoms with van der Waals surface area (Å²) in [4.78, 5) is 21.5. The fourth-order valence-corrected chi connectivity index (χ4v) is 1.45. The smallest absolute Gasteiger partial charge is 0.228 e. The highest BCUT2D eigenvalue weighted by Gasteiger charge is 2.15. The molecule has 6 heteroatoms. The molecule has 1 amide bonds. The van der Waals surface area contributed by atoms with Crippen molar-refractivity contribution in [1.29, 1.82) is 0 Å². The van der Waals surface area contributed by atoms with Crippen LogP contribution < -0.4 is 15.0 Å². The maximum Gasteiger partial charge on any atom is 0.228 e. The molecule has 1 atom stereocenters. The maximum absolute atomic E-state index is 11.4. The Balaban J connectivity index is 2.68. The van der Waals surface area contributed by atoms with E-state index in [2.05, 4.69) is 15.3 Å². The summed E-state index contributed by atoms with van der Waals surface area (Å²) >= 11 is 0. The van der Waals surface area contributed by atoms with Crippen molar-refractivity contribution in [3.63, 3.8) is 0 Å². The van der Waals surface area contributed by atoms with Crippen molar-refractivity contribution in [1.82, 2.24) is 15.3 Å². The number of anilines is 1.